The van der Waals surface area contributed by atoms with Gasteiger partial charge in [-0.3, -0.25) is 0 Å². The van der Waals surface area contributed by atoms with Crippen LogP contribution in [0.1, 0.15) is 45.2 Å². The van der Waals surface area contributed by atoms with Gasteiger partial charge in [-0.1, -0.05) is 188 Å². The van der Waals surface area contributed by atoms with E-state index in [2.05, 4.69) is 182 Å². The van der Waals surface area contributed by atoms with Gasteiger partial charge in [0.15, 0.2) is 23.3 Å². The Morgan fingerprint density at radius 2 is 0.710 bits per heavy atom. The Labute approximate surface area is 403 Å². The molecule has 0 aliphatic heterocycles. The van der Waals surface area contributed by atoms with E-state index in [9.17, 15) is 0 Å². The van der Waals surface area contributed by atoms with Crippen LogP contribution in [-0.4, -0.2) is 24.9 Å². The summed E-state index contributed by atoms with van der Waals surface area (Å²) in [4.78, 5) is 25.8. The maximum atomic E-state index is 5.32. The van der Waals surface area contributed by atoms with E-state index in [1.165, 1.54) is 59.1 Å². The molecule has 12 aromatic rings. The van der Waals surface area contributed by atoms with Gasteiger partial charge >= 0.3 is 0 Å². The van der Waals surface area contributed by atoms with E-state index in [4.69, 9.17) is 24.9 Å². The second-order valence-corrected chi connectivity index (χ2v) is 19.0. The summed E-state index contributed by atoms with van der Waals surface area (Å²) < 4.78 is 2.59. The lowest BCUT2D eigenvalue weighted by Gasteiger charge is -2.42. The van der Waals surface area contributed by atoms with Crippen LogP contribution in [0.15, 0.2) is 224 Å². The number of hydrogen-bond donors (Lipinski definition) is 0. The Morgan fingerprint density at radius 3 is 1.33 bits per heavy atom. The summed E-state index contributed by atoms with van der Waals surface area (Å²) in [6.45, 7) is 0. The van der Waals surface area contributed by atoms with Gasteiger partial charge in [-0.15, -0.1) is 11.3 Å². The largest absolute Gasteiger partial charge is 0.228 e. The summed E-state index contributed by atoms with van der Waals surface area (Å²) >= 11 is 1.85. The molecule has 322 valence electrons. The van der Waals surface area contributed by atoms with Crippen molar-refractivity contribution in [2.24, 2.45) is 0 Å². The molecule has 15 rings (SSSR count). The van der Waals surface area contributed by atoms with Gasteiger partial charge in [-0.2, -0.15) is 0 Å². The predicted octanol–water partition coefficient (Wildman–Crippen LogP) is 15.7. The molecule has 6 heteroatoms. The molecule has 69 heavy (non-hydrogen) atoms. The molecule has 0 amide bonds. The maximum absolute atomic E-state index is 5.32. The zero-order valence-electron chi connectivity index (χ0n) is 37.2. The zero-order valence-corrected chi connectivity index (χ0v) is 38.0. The Hall–Kier alpha value is -8.71. The third kappa shape index (κ3) is 6.63. The summed E-state index contributed by atoms with van der Waals surface area (Å²) in [5, 5.41) is 2.59. The molecule has 0 N–H and O–H groups in total. The number of nitrogens with zero attached hydrogens (tertiary/aromatic N) is 5. The van der Waals surface area contributed by atoms with Crippen molar-refractivity contribution < 1.29 is 0 Å². The molecule has 0 saturated carbocycles. The van der Waals surface area contributed by atoms with Crippen LogP contribution in [0.25, 0.3) is 99.4 Å². The molecule has 3 aromatic heterocycles. The molecule has 5 nitrogen and oxygen atoms in total. The standard InChI is InChI=1S/C63H39N5S/c1-4-16-38(17-5-1)60-64-53(42-23-14-22-41(34-42)45-27-15-29-56-59(45)50-26-12-13-28-55(50)69-56)37-54(65-60)43-30-32-48-51(35-43)57-46-24-10-11-25-47(46)58(48)52-36-44(31-33-49(52)57)63-67-61(39-18-6-2-7-19-39)66-62(68-63)40-20-8-3-9-21-40/h1-37,57-58H. The van der Waals surface area contributed by atoms with Crippen molar-refractivity contribution in [1.82, 2.24) is 24.9 Å². The van der Waals surface area contributed by atoms with E-state index >= 15 is 0 Å². The number of rotatable bonds is 7. The van der Waals surface area contributed by atoms with Crippen LogP contribution in [-0.2, 0) is 0 Å². The van der Waals surface area contributed by atoms with Gasteiger partial charge in [0, 0.05) is 65.4 Å². The smallest absolute Gasteiger partial charge is 0.164 e. The highest BCUT2D eigenvalue weighted by Crippen LogP contribution is 2.57. The lowest BCUT2D eigenvalue weighted by molar-refractivity contribution is 0.754. The highest BCUT2D eigenvalue weighted by Gasteiger charge is 2.41. The van der Waals surface area contributed by atoms with Crippen LogP contribution in [0.2, 0.25) is 0 Å². The minimum absolute atomic E-state index is 0.0441. The first-order chi connectivity index (χ1) is 34.2. The molecule has 0 fully saturated rings. The molecule has 2 bridgehead atoms. The average Bonchev–Trinajstić information content (AvgIpc) is 3.82. The highest BCUT2D eigenvalue weighted by atomic mass is 32.1. The van der Waals surface area contributed by atoms with E-state index in [1.807, 2.05) is 53.8 Å². The first kappa shape index (κ1) is 39.5. The van der Waals surface area contributed by atoms with Crippen LogP contribution in [0.4, 0.5) is 0 Å². The quantitative estimate of drug-likeness (QED) is 0.159. The third-order valence-corrected chi connectivity index (χ3v) is 15.1. The van der Waals surface area contributed by atoms with E-state index < -0.39 is 0 Å². The van der Waals surface area contributed by atoms with Crippen molar-refractivity contribution in [2.45, 2.75) is 11.8 Å². The second-order valence-electron chi connectivity index (χ2n) is 17.9. The molecule has 3 heterocycles. The van der Waals surface area contributed by atoms with E-state index in [0.717, 1.165) is 50.3 Å². The summed E-state index contributed by atoms with van der Waals surface area (Å²) in [6, 6.07) is 79.9. The summed E-state index contributed by atoms with van der Waals surface area (Å²) in [5.41, 5.74) is 18.1. The van der Waals surface area contributed by atoms with Crippen LogP contribution >= 0.6 is 11.3 Å². The minimum Gasteiger partial charge on any atom is -0.228 e. The van der Waals surface area contributed by atoms with Gasteiger partial charge in [-0.25, -0.2) is 24.9 Å². The molecule has 0 saturated heterocycles. The SMILES string of the molecule is c1ccc(-c2nc(-c3cccc(-c4cccc5sc6ccccc6c45)c3)cc(-c3ccc4c(c3)C3c5ccccc5C4c4cc(-c5nc(-c6ccccc6)nc(-c6ccccc6)n5)ccc43)n2)cc1. The number of thiophene rings is 1. The van der Waals surface area contributed by atoms with E-state index in [-0.39, 0.29) is 11.8 Å². The summed E-state index contributed by atoms with van der Waals surface area (Å²) in [7, 11) is 0. The van der Waals surface area contributed by atoms with Gasteiger partial charge in [-0.05, 0) is 80.9 Å². The first-order valence-corrected chi connectivity index (χ1v) is 24.2. The molecule has 0 radical (unpaired) electrons. The Kier molecular flexibility index (Phi) is 9.14. The molecule has 3 aliphatic rings. The predicted molar refractivity (Wildman–Crippen MR) is 281 cm³/mol. The maximum Gasteiger partial charge on any atom is 0.164 e. The van der Waals surface area contributed by atoms with Crippen molar-refractivity contribution in [2.75, 3.05) is 0 Å². The topological polar surface area (TPSA) is 64.5 Å². The van der Waals surface area contributed by atoms with Crippen LogP contribution in [0.5, 0.6) is 0 Å². The molecular formula is C63H39N5S. The van der Waals surface area contributed by atoms with Crippen molar-refractivity contribution >= 4 is 31.5 Å². The van der Waals surface area contributed by atoms with E-state index in [1.54, 1.807) is 0 Å². The molecular weight excluding hydrogens is 859 g/mol. The fraction of sp³-hybridized carbons (Fsp3) is 0.0317. The molecule has 2 unspecified atom stereocenters. The number of hydrogen-bond acceptors (Lipinski definition) is 6. The Balaban J connectivity index is 0.886. The van der Waals surface area contributed by atoms with Gasteiger partial charge in [0.1, 0.15) is 0 Å². The molecule has 9 aromatic carbocycles. The van der Waals surface area contributed by atoms with Crippen molar-refractivity contribution in [1.29, 1.82) is 0 Å². The monoisotopic (exact) mass is 897 g/mol. The van der Waals surface area contributed by atoms with Crippen molar-refractivity contribution in [3.8, 4) is 79.2 Å². The number of benzene rings is 9. The summed E-state index contributed by atoms with van der Waals surface area (Å²) in [5.74, 6) is 2.76. The third-order valence-electron chi connectivity index (χ3n) is 13.9. The number of aromatic nitrogens is 5. The Morgan fingerprint density at radius 1 is 0.275 bits per heavy atom. The van der Waals surface area contributed by atoms with Gasteiger partial charge in [0.2, 0.25) is 0 Å². The van der Waals surface area contributed by atoms with E-state index in [0.29, 0.717) is 23.3 Å². The van der Waals surface area contributed by atoms with Gasteiger partial charge < -0.3 is 0 Å². The fourth-order valence-corrected chi connectivity index (χ4v) is 11.9. The van der Waals surface area contributed by atoms with Crippen molar-refractivity contribution in [3.63, 3.8) is 0 Å². The molecule has 0 spiro atoms. The lowest BCUT2D eigenvalue weighted by atomic mass is 9.60. The number of fused-ring (bicyclic) bond motifs is 3. The van der Waals surface area contributed by atoms with Crippen molar-refractivity contribution in [3.05, 3.63) is 258 Å². The highest BCUT2D eigenvalue weighted by molar-refractivity contribution is 7.25. The van der Waals surface area contributed by atoms with Gasteiger partial charge in [0.25, 0.3) is 0 Å². The second kappa shape index (κ2) is 16.0. The average molecular weight is 898 g/mol. The Bertz CT molecular complexity index is 3920. The molecule has 2 atom stereocenters. The minimum atomic E-state index is 0.0441. The van der Waals surface area contributed by atoms with Crippen LogP contribution in [0, 0.1) is 0 Å². The van der Waals surface area contributed by atoms with Crippen LogP contribution in [0.3, 0.4) is 0 Å². The van der Waals surface area contributed by atoms with Gasteiger partial charge in [0.05, 0.1) is 11.4 Å². The molecule has 3 aliphatic carbocycles. The zero-order chi connectivity index (χ0) is 45.4. The lowest BCUT2D eigenvalue weighted by Crippen LogP contribution is -2.27. The fourth-order valence-electron chi connectivity index (χ4n) is 10.8. The normalized spacial score (nSPS) is 14.4. The summed E-state index contributed by atoms with van der Waals surface area (Å²) in [6.07, 6.45) is 0. The van der Waals surface area contributed by atoms with Crippen LogP contribution < -0.4 is 0 Å². The first-order valence-electron chi connectivity index (χ1n) is 23.4.